The fourth-order valence-corrected chi connectivity index (χ4v) is 3.47. The molecule has 0 bridgehead atoms. The first-order valence-corrected chi connectivity index (χ1v) is 9.43. The van der Waals surface area contributed by atoms with Crippen LogP contribution < -0.4 is 10.6 Å². The Labute approximate surface area is 146 Å². The number of nitrogens with one attached hydrogen (secondary N) is 2. The second kappa shape index (κ2) is 9.00. The van der Waals surface area contributed by atoms with Gasteiger partial charge in [0.25, 0.3) is 0 Å². The van der Waals surface area contributed by atoms with Crippen LogP contribution in [0.15, 0.2) is 5.16 Å². The molecule has 1 heterocycles. The molecule has 0 spiro atoms. The Morgan fingerprint density at radius 3 is 2.79 bits per heavy atom. The van der Waals surface area contributed by atoms with E-state index in [-0.39, 0.29) is 17.7 Å². The number of amides is 3. The van der Waals surface area contributed by atoms with Gasteiger partial charge in [-0.3, -0.25) is 10.1 Å². The molecule has 3 amide bonds. The third kappa shape index (κ3) is 5.77. The Hall–Kier alpha value is -1.64. The average Bonchev–Trinajstić information content (AvgIpc) is 2.94. The molecule has 9 heteroatoms. The average molecular weight is 354 g/mol. The van der Waals surface area contributed by atoms with E-state index in [0.717, 1.165) is 19.3 Å². The van der Waals surface area contributed by atoms with Gasteiger partial charge >= 0.3 is 6.03 Å². The molecule has 1 saturated carbocycles. The second-order valence-corrected chi connectivity index (χ2v) is 7.66. The topological polar surface area (TPSA) is 102 Å². The lowest BCUT2D eigenvalue weighted by atomic mass is 9.86. The second-order valence-electron chi connectivity index (χ2n) is 6.72. The summed E-state index contributed by atoms with van der Waals surface area (Å²) in [7, 11) is 0. The van der Waals surface area contributed by atoms with Gasteiger partial charge in [-0.1, -0.05) is 45.4 Å². The van der Waals surface area contributed by atoms with E-state index >= 15 is 0 Å². The maximum absolute atomic E-state index is 11.9. The summed E-state index contributed by atoms with van der Waals surface area (Å²) in [6.07, 6.45) is 4.42. The van der Waals surface area contributed by atoms with Crippen molar-refractivity contribution < 1.29 is 9.59 Å². The summed E-state index contributed by atoms with van der Waals surface area (Å²) in [6, 6.07) is -0.265. The molecule has 0 radical (unpaired) electrons. The van der Waals surface area contributed by atoms with E-state index in [4.69, 9.17) is 0 Å². The lowest BCUT2D eigenvalue weighted by Crippen LogP contribution is -2.48. The number of carbonyl (C=O) groups is 2. The molecule has 2 rings (SSSR count). The van der Waals surface area contributed by atoms with Crippen LogP contribution in [0.3, 0.4) is 0 Å². The number of hydrogen-bond donors (Lipinski definition) is 2. The molecular formula is C15H26N6O2S. The fourth-order valence-electron chi connectivity index (χ4n) is 2.79. The van der Waals surface area contributed by atoms with Crippen molar-refractivity contribution in [1.82, 2.24) is 30.8 Å². The summed E-state index contributed by atoms with van der Waals surface area (Å²) in [5.74, 6) is 0.617. The molecule has 1 aromatic rings. The van der Waals surface area contributed by atoms with E-state index in [1.54, 1.807) is 4.68 Å². The highest BCUT2D eigenvalue weighted by molar-refractivity contribution is 7.99. The maximum Gasteiger partial charge on any atom is 0.321 e. The minimum absolute atomic E-state index is 0.103. The highest BCUT2D eigenvalue weighted by Gasteiger charge is 2.23. The minimum Gasteiger partial charge on any atom is -0.335 e. The van der Waals surface area contributed by atoms with Gasteiger partial charge in [0.15, 0.2) is 0 Å². The molecule has 8 nitrogen and oxygen atoms in total. The zero-order valence-electron chi connectivity index (χ0n) is 14.5. The van der Waals surface area contributed by atoms with Crippen LogP contribution in [0.4, 0.5) is 4.79 Å². The molecular weight excluding hydrogens is 328 g/mol. The molecule has 0 aromatic carbocycles. The van der Waals surface area contributed by atoms with Crippen molar-refractivity contribution in [3.63, 3.8) is 0 Å². The molecule has 1 aliphatic carbocycles. The van der Waals surface area contributed by atoms with Crippen LogP contribution in [0.5, 0.6) is 0 Å². The van der Waals surface area contributed by atoms with Gasteiger partial charge in [0.2, 0.25) is 11.1 Å². The van der Waals surface area contributed by atoms with Gasteiger partial charge in [-0.15, -0.1) is 5.10 Å². The molecule has 0 aliphatic heterocycles. The first-order valence-electron chi connectivity index (χ1n) is 8.45. The number of thioether (sulfide) groups is 1. The first-order chi connectivity index (χ1) is 11.5. The number of urea groups is 1. The molecule has 134 valence electrons. The van der Waals surface area contributed by atoms with E-state index in [0.29, 0.717) is 23.5 Å². The van der Waals surface area contributed by atoms with Gasteiger partial charge in [0.1, 0.15) is 0 Å². The van der Waals surface area contributed by atoms with Gasteiger partial charge in [-0.2, -0.15) is 0 Å². The Balaban J connectivity index is 1.75. The number of carbonyl (C=O) groups excluding carboxylic acids is 2. The van der Waals surface area contributed by atoms with Crippen LogP contribution in [-0.2, 0) is 11.3 Å². The minimum atomic E-state index is -0.416. The highest BCUT2D eigenvalue weighted by Crippen LogP contribution is 2.23. The third-order valence-electron chi connectivity index (χ3n) is 4.05. The monoisotopic (exact) mass is 354 g/mol. The van der Waals surface area contributed by atoms with Crippen molar-refractivity contribution in [2.45, 2.75) is 64.2 Å². The van der Waals surface area contributed by atoms with E-state index < -0.39 is 6.03 Å². The summed E-state index contributed by atoms with van der Waals surface area (Å²) in [5.41, 5.74) is 0. The molecule has 2 N–H and O–H groups in total. The van der Waals surface area contributed by atoms with Gasteiger partial charge in [-0.25, -0.2) is 9.48 Å². The molecule has 2 unspecified atom stereocenters. The summed E-state index contributed by atoms with van der Waals surface area (Å²) in [5, 5.41) is 17.3. The smallest absolute Gasteiger partial charge is 0.321 e. The van der Waals surface area contributed by atoms with Crippen LogP contribution in [-0.4, -0.2) is 43.9 Å². The Kier molecular flexibility index (Phi) is 7.01. The van der Waals surface area contributed by atoms with Gasteiger partial charge in [0, 0.05) is 12.6 Å². The molecule has 1 aliphatic rings. The lowest BCUT2D eigenvalue weighted by molar-refractivity contribution is -0.117. The normalized spacial score (nSPS) is 20.8. The third-order valence-corrected chi connectivity index (χ3v) is 5.01. The van der Waals surface area contributed by atoms with E-state index in [1.165, 1.54) is 18.2 Å². The largest absolute Gasteiger partial charge is 0.335 e. The summed E-state index contributed by atoms with van der Waals surface area (Å²) in [6.45, 7) is 6.96. The van der Waals surface area contributed by atoms with Crippen LogP contribution in [0.1, 0.15) is 46.5 Å². The molecule has 1 fully saturated rings. The highest BCUT2D eigenvalue weighted by atomic mass is 32.2. The SMILES string of the molecule is CC(C)Cn1nnnc1SCC(=O)NC(=O)NC1CCCCC1C. The maximum atomic E-state index is 11.9. The van der Waals surface area contributed by atoms with Crippen molar-refractivity contribution in [2.75, 3.05) is 5.75 Å². The van der Waals surface area contributed by atoms with Crippen molar-refractivity contribution in [3.05, 3.63) is 0 Å². The summed E-state index contributed by atoms with van der Waals surface area (Å²) in [4.78, 5) is 23.9. The van der Waals surface area contributed by atoms with Crippen LogP contribution in [0.2, 0.25) is 0 Å². The fraction of sp³-hybridized carbons (Fsp3) is 0.800. The predicted molar refractivity (Wildman–Crippen MR) is 91.5 cm³/mol. The number of imide groups is 1. The van der Waals surface area contributed by atoms with Crippen molar-refractivity contribution in [1.29, 1.82) is 0 Å². The summed E-state index contributed by atoms with van der Waals surface area (Å²) >= 11 is 1.23. The van der Waals surface area contributed by atoms with Crippen molar-refractivity contribution in [3.8, 4) is 0 Å². The molecule has 1 aromatic heterocycles. The van der Waals surface area contributed by atoms with E-state index in [2.05, 4.69) is 46.9 Å². The lowest BCUT2D eigenvalue weighted by Gasteiger charge is -2.29. The van der Waals surface area contributed by atoms with E-state index in [1.807, 2.05) is 0 Å². The Morgan fingerprint density at radius 1 is 1.33 bits per heavy atom. The Bertz CT molecular complexity index is 562. The molecule has 2 atom stereocenters. The molecule has 24 heavy (non-hydrogen) atoms. The number of aromatic nitrogens is 4. The predicted octanol–water partition coefficient (Wildman–Crippen LogP) is 1.83. The van der Waals surface area contributed by atoms with E-state index in [9.17, 15) is 9.59 Å². The zero-order valence-corrected chi connectivity index (χ0v) is 15.3. The van der Waals surface area contributed by atoms with Crippen LogP contribution in [0, 0.1) is 11.8 Å². The van der Waals surface area contributed by atoms with Gasteiger partial charge in [0.05, 0.1) is 5.75 Å². The number of hydrogen-bond acceptors (Lipinski definition) is 6. The van der Waals surface area contributed by atoms with Gasteiger partial charge < -0.3 is 5.32 Å². The quantitative estimate of drug-likeness (QED) is 0.756. The standard InChI is InChI=1S/C15H26N6O2S/c1-10(2)8-21-15(18-19-20-21)24-9-13(22)17-14(23)16-12-7-5-4-6-11(12)3/h10-12H,4-9H2,1-3H3,(H2,16,17,22,23). The van der Waals surface area contributed by atoms with Crippen molar-refractivity contribution in [2.24, 2.45) is 11.8 Å². The summed E-state index contributed by atoms with van der Waals surface area (Å²) < 4.78 is 1.67. The first kappa shape index (κ1) is 18.7. The van der Waals surface area contributed by atoms with Crippen molar-refractivity contribution >= 4 is 23.7 Å². The van der Waals surface area contributed by atoms with Crippen LogP contribution in [0.25, 0.3) is 0 Å². The van der Waals surface area contributed by atoms with Gasteiger partial charge in [-0.05, 0) is 35.1 Å². The number of tetrazole rings is 1. The number of rotatable bonds is 6. The Morgan fingerprint density at radius 2 is 2.08 bits per heavy atom. The molecule has 0 saturated heterocycles. The zero-order chi connectivity index (χ0) is 17.5. The number of nitrogens with zero attached hydrogens (tertiary/aromatic N) is 4. The van der Waals surface area contributed by atoms with Crippen LogP contribution >= 0.6 is 11.8 Å².